The fourth-order valence-electron chi connectivity index (χ4n) is 1.49. The fraction of sp³-hybridized carbons (Fsp3) is 0.462. The summed E-state index contributed by atoms with van der Waals surface area (Å²) in [7, 11) is 0. The summed E-state index contributed by atoms with van der Waals surface area (Å²) >= 11 is 1.49. The monoisotopic (exact) mass is 281 g/mol. The summed E-state index contributed by atoms with van der Waals surface area (Å²) < 4.78 is 4.86. The molecule has 0 unspecified atom stereocenters. The van der Waals surface area contributed by atoms with Crippen LogP contribution >= 0.6 is 11.8 Å². The van der Waals surface area contributed by atoms with Gasteiger partial charge in [0.25, 0.3) is 0 Å². The summed E-state index contributed by atoms with van der Waals surface area (Å²) in [6.45, 7) is 6.79. The second-order valence-electron chi connectivity index (χ2n) is 3.67. The molecule has 1 heterocycles. The Morgan fingerprint density at radius 1 is 1.42 bits per heavy atom. The molecule has 0 aliphatic heterocycles. The Kier molecular flexibility index (Phi) is 6.35. The first-order valence-electron chi connectivity index (χ1n) is 6.13. The SMILES string of the molecule is CCNc1nc(SC)nc(C)c1/C=C/C(=O)OCC. The third kappa shape index (κ3) is 4.55. The van der Waals surface area contributed by atoms with Crippen LogP contribution in [0.4, 0.5) is 5.82 Å². The van der Waals surface area contributed by atoms with E-state index in [0.717, 1.165) is 23.6 Å². The molecule has 19 heavy (non-hydrogen) atoms. The largest absolute Gasteiger partial charge is 0.463 e. The van der Waals surface area contributed by atoms with Gasteiger partial charge >= 0.3 is 5.97 Å². The van der Waals surface area contributed by atoms with Crippen LogP contribution in [-0.4, -0.2) is 35.3 Å². The molecule has 0 aromatic carbocycles. The zero-order valence-corrected chi connectivity index (χ0v) is 12.5. The van der Waals surface area contributed by atoms with Gasteiger partial charge < -0.3 is 10.1 Å². The minimum atomic E-state index is -0.363. The molecule has 0 fully saturated rings. The van der Waals surface area contributed by atoms with E-state index in [1.54, 1.807) is 13.0 Å². The van der Waals surface area contributed by atoms with Gasteiger partial charge in [0, 0.05) is 18.2 Å². The molecule has 0 spiro atoms. The highest BCUT2D eigenvalue weighted by atomic mass is 32.2. The van der Waals surface area contributed by atoms with Gasteiger partial charge in [0.2, 0.25) is 0 Å². The van der Waals surface area contributed by atoms with E-state index >= 15 is 0 Å². The molecule has 1 rings (SSSR count). The number of thioether (sulfide) groups is 1. The van der Waals surface area contributed by atoms with Gasteiger partial charge in [0.1, 0.15) is 5.82 Å². The number of nitrogens with one attached hydrogen (secondary N) is 1. The highest BCUT2D eigenvalue weighted by Gasteiger charge is 2.09. The van der Waals surface area contributed by atoms with E-state index in [4.69, 9.17) is 4.74 Å². The zero-order valence-electron chi connectivity index (χ0n) is 11.7. The number of rotatable bonds is 6. The molecule has 0 aliphatic carbocycles. The molecule has 0 radical (unpaired) electrons. The number of carbonyl (C=O) groups is 1. The van der Waals surface area contributed by atoms with Crippen LogP contribution in [-0.2, 0) is 9.53 Å². The van der Waals surface area contributed by atoms with Crippen molar-refractivity contribution in [2.24, 2.45) is 0 Å². The smallest absolute Gasteiger partial charge is 0.330 e. The fourth-order valence-corrected chi connectivity index (χ4v) is 1.90. The number of ether oxygens (including phenoxy) is 1. The molecule has 1 N–H and O–H groups in total. The van der Waals surface area contributed by atoms with Gasteiger partial charge in [-0.3, -0.25) is 0 Å². The van der Waals surface area contributed by atoms with Gasteiger partial charge in [0.15, 0.2) is 5.16 Å². The Morgan fingerprint density at radius 3 is 2.74 bits per heavy atom. The number of anilines is 1. The number of nitrogens with zero attached hydrogens (tertiary/aromatic N) is 2. The van der Waals surface area contributed by atoms with E-state index in [9.17, 15) is 4.79 Å². The average molecular weight is 281 g/mol. The Morgan fingerprint density at radius 2 is 2.16 bits per heavy atom. The van der Waals surface area contributed by atoms with Gasteiger partial charge in [-0.15, -0.1) is 0 Å². The van der Waals surface area contributed by atoms with E-state index in [1.165, 1.54) is 17.8 Å². The third-order valence-corrected chi connectivity index (χ3v) is 2.86. The van der Waals surface area contributed by atoms with Gasteiger partial charge in [-0.2, -0.15) is 0 Å². The number of carbonyl (C=O) groups excluding carboxylic acids is 1. The van der Waals surface area contributed by atoms with Gasteiger partial charge in [0.05, 0.1) is 12.3 Å². The predicted molar refractivity (Wildman–Crippen MR) is 78.4 cm³/mol. The maximum absolute atomic E-state index is 11.3. The molecule has 104 valence electrons. The molecule has 0 atom stereocenters. The Hall–Kier alpha value is -1.56. The number of hydrogen-bond acceptors (Lipinski definition) is 6. The molecular weight excluding hydrogens is 262 g/mol. The predicted octanol–water partition coefficient (Wildman–Crippen LogP) is 2.52. The van der Waals surface area contributed by atoms with Crippen LogP contribution < -0.4 is 5.32 Å². The number of esters is 1. The highest BCUT2D eigenvalue weighted by Crippen LogP contribution is 2.21. The van der Waals surface area contributed by atoms with E-state index in [1.807, 2.05) is 20.1 Å². The summed E-state index contributed by atoms with van der Waals surface area (Å²) in [5, 5.41) is 3.89. The summed E-state index contributed by atoms with van der Waals surface area (Å²) in [5.74, 6) is 0.373. The van der Waals surface area contributed by atoms with Crippen LogP contribution in [0.5, 0.6) is 0 Å². The quantitative estimate of drug-likeness (QED) is 0.374. The number of aryl methyl sites for hydroxylation is 1. The van der Waals surface area contributed by atoms with Crippen LogP contribution in [0.15, 0.2) is 11.2 Å². The van der Waals surface area contributed by atoms with Crippen LogP contribution in [0.3, 0.4) is 0 Å². The Labute approximate surface area is 117 Å². The summed E-state index contributed by atoms with van der Waals surface area (Å²) in [5.41, 5.74) is 1.64. The van der Waals surface area contributed by atoms with Gasteiger partial charge in [-0.05, 0) is 33.1 Å². The number of hydrogen-bond donors (Lipinski definition) is 1. The standard InChI is InChI=1S/C13H19N3O2S/c1-5-14-12-10(7-8-11(17)18-6-2)9(3)15-13(16-12)19-4/h7-8H,5-6H2,1-4H3,(H,14,15,16)/b8-7+. The summed E-state index contributed by atoms with van der Waals surface area (Å²) in [4.78, 5) is 20.1. The molecule has 0 saturated heterocycles. The Balaban J connectivity index is 3.07. The summed E-state index contributed by atoms with van der Waals surface area (Å²) in [6.07, 6.45) is 5.02. The molecule has 0 amide bonds. The first-order valence-corrected chi connectivity index (χ1v) is 7.36. The lowest BCUT2D eigenvalue weighted by atomic mass is 10.2. The van der Waals surface area contributed by atoms with Crippen molar-refractivity contribution >= 4 is 29.6 Å². The van der Waals surface area contributed by atoms with Crippen molar-refractivity contribution in [3.05, 3.63) is 17.3 Å². The maximum atomic E-state index is 11.3. The molecule has 0 aliphatic rings. The first-order chi connectivity index (χ1) is 9.12. The van der Waals surface area contributed by atoms with Crippen molar-refractivity contribution < 1.29 is 9.53 Å². The second-order valence-corrected chi connectivity index (χ2v) is 4.45. The van der Waals surface area contributed by atoms with E-state index in [0.29, 0.717) is 11.8 Å². The third-order valence-electron chi connectivity index (χ3n) is 2.32. The van der Waals surface area contributed by atoms with E-state index < -0.39 is 0 Å². The van der Waals surface area contributed by atoms with E-state index in [2.05, 4.69) is 15.3 Å². The lowest BCUT2D eigenvalue weighted by Gasteiger charge is -2.10. The highest BCUT2D eigenvalue weighted by molar-refractivity contribution is 7.98. The van der Waals surface area contributed by atoms with Crippen molar-refractivity contribution in [3.63, 3.8) is 0 Å². The van der Waals surface area contributed by atoms with Crippen molar-refractivity contribution in [1.82, 2.24) is 9.97 Å². The first kappa shape index (κ1) is 15.5. The van der Waals surface area contributed by atoms with Crippen LogP contribution in [0.25, 0.3) is 6.08 Å². The lowest BCUT2D eigenvalue weighted by molar-refractivity contribution is -0.137. The van der Waals surface area contributed by atoms with Crippen molar-refractivity contribution in [1.29, 1.82) is 0 Å². The van der Waals surface area contributed by atoms with Crippen molar-refractivity contribution in [2.45, 2.75) is 25.9 Å². The van der Waals surface area contributed by atoms with Gasteiger partial charge in [-0.1, -0.05) is 11.8 Å². The molecule has 1 aromatic rings. The molecule has 1 aromatic heterocycles. The van der Waals surface area contributed by atoms with Crippen LogP contribution in [0.2, 0.25) is 0 Å². The number of aromatic nitrogens is 2. The van der Waals surface area contributed by atoms with Crippen LogP contribution in [0.1, 0.15) is 25.1 Å². The van der Waals surface area contributed by atoms with Crippen molar-refractivity contribution in [3.8, 4) is 0 Å². The molecule has 6 heteroatoms. The van der Waals surface area contributed by atoms with Crippen molar-refractivity contribution in [2.75, 3.05) is 24.7 Å². The minimum absolute atomic E-state index is 0.363. The molecule has 0 saturated carbocycles. The summed E-state index contributed by atoms with van der Waals surface area (Å²) in [6, 6.07) is 0. The Bertz CT molecular complexity index is 475. The minimum Gasteiger partial charge on any atom is -0.463 e. The average Bonchev–Trinajstić information content (AvgIpc) is 2.38. The van der Waals surface area contributed by atoms with Gasteiger partial charge in [-0.25, -0.2) is 14.8 Å². The molecular formula is C13H19N3O2S. The van der Waals surface area contributed by atoms with Crippen LogP contribution in [0, 0.1) is 6.92 Å². The normalized spacial score (nSPS) is 10.7. The molecule has 5 nitrogen and oxygen atoms in total. The second kappa shape index (κ2) is 7.78. The topological polar surface area (TPSA) is 64.1 Å². The zero-order chi connectivity index (χ0) is 14.3. The maximum Gasteiger partial charge on any atom is 0.330 e. The van der Waals surface area contributed by atoms with E-state index in [-0.39, 0.29) is 5.97 Å². The molecule has 0 bridgehead atoms. The lowest BCUT2D eigenvalue weighted by Crippen LogP contribution is -2.06.